The molecule has 6 rings (SSSR count). The Balaban J connectivity index is 1.51. The van der Waals surface area contributed by atoms with Crippen LogP contribution in [0.15, 0.2) is 71.5 Å². The van der Waals surface area contributed by atoms with E-state index in [1.54, 1.807) is 61.4 Å². The van der Waals surface area contributed by atoms with Crippen molar-refractivity contribution in [2.24, 2.45) is 0 Å². The van der Waals surface area contributed by atoms with Gasteiger partial charge in [-0.05, 0) is 36.4 Å². The van der Waals surface area contributed by atoms with Crippen LogP contribution in [0.4, 0.5) is 4.39 Å². The number of fused-ring (bicyclic) bond motifs is 1. The molecule has 1 fully saturated rings. The molecular weight excluding hydrogens is 509 g/mol. The highest BCUT2D eigenvalue weighted by Crippen LogP contribution is 2.38. The minimum absolute atomic E-state index is 0.00269. The molecule has 3 aromatic heterocycles. The van der Waals surface area contributed by atoms with E-state index < -0.39 is 9.84 Å². The van der Waals surface area contributed by atoms with Crippen LogP contribution in [0.2, 0.25) is 0 Å². The summed E-state index contributed by atoms with van der Waals surface area (Å²) in [6.45, 7) is 0. The lowest BCUT2D eigenvalue weighted by atomic mass is 10.0. The Hall–Kier alpha value is -4.38. The van der Waals surface area contributed by atoms with E-state index in [0.717, 1.165) is 0 Å². The Labute approximate surface area is 217 Å². The van der Waals surface area contributed by atoms with E-state index in [1.165, 1.54) is 23.4 Å². The Morgan fingerprint density at radius 3 is 2.47 bits per heavy atom. The van der Waals surface area contributed by atoms with E-state index in [1.807, 2.05) is 6.07 Å². The minimum atomic E-state index is -3.08. The van der Waals surface area contributed by atoms with Gasteiger partial charge in [0.1, 0.15) is 23.6 Å². The second kappa shape index (κ2) is 8.88. The average molecular weight is 532 g/mol. The van der Waals surface area contributed by atoms with Crippen molar-refractivity contribution >= 4 is 26.8 Å². The molecule has 1 aliphatic heterocycles. The summed E-state index contributed by atoms with van der Waals surface area (Å²) in [5.74, 6) is -0.0866. The largest absolute Gasteiger partial charge is 0.438 e. The van der Waals surface area contributed by atoms with Gasteiger partial charge in [-0.3, -0.25) is 9.48 Å². The van der Waals surface area contributed by atoms with E-state index in [-0.39, 0.29) is 29.3 Å². The third kappa shape index (κ3) is 4.14. The highest BCUT2D eigenvalue weighted by Gasteiger charge is 2.36. The number of hydrogen-bond donors (Lipinski definition) is 0. The first-order valence-corrected chi connectivity index (χ1v) is 13.6. The fourth-order valence-electron chi connectivity index (χ4n) is 4.59. The standard InChI is InChI=1S/C27H22FN5O4S/c1-32(2)27(34)20-6-4-3-5-19(20)23-11-21-25(29-15-30-26(21)37-23)22-12-33(18-13-38(35,36)14-18)31-24(22)16-7-9-17(28)10-8-16/h3-12,15,18H,13-14H2,1-2H3. The molecule has 0 N–H and O–H groups in total. The lowest BCUT2D eigenvalue weighted by molar-refractivity contribution is 0.0828. The Kier molecular flexibility index (Phi) is 5.60. The number of rotatable bonds is 5. The van der Waals surface area contributed by atoms with Crippen LogP contribution in [0.5, 0.6) is 0 Å². The quantitative estimate of drug-likeness (QED) is 0.334. The molecule has 4 heterocycles. The zero-order valence-electron chi connectivity index (χ0n) is 20.5. The molecule has 1 saturated heterocycles. The summed E-state index contributed by atoms with van der Waals surface area (Å²) in [7, 11) is 0.289. The molecule has 11 heteroatoms. The molecule has 38 heavy (non-hydrogen) atoms. The van der Waals surface area contributed by atoms with E-state index >= 15 is 0 Å². The summed E-state index contributed by atoms with van der Waals surface area (Å²) in [6.07, 6.45) is 3.14. The summed E-state index contributed by atoms with van der Waals surface area (Å²) >= 11 is 0. The van der Waals surface area contributed by atoms with Crippen LogP contribution >= 0.6 is 0 Å². The number of aromatic nitrogens is 4. The molecule has 0 unspecified atom stereocenters. The topological polar surface area (TPSA) is 111 Å². The van der Waals surface area contributed by atoms with Gasteiger partial charge in [-0.1, -0.05) is 18.2 Å². The third-order valence-corrected chi connectivity index (χ3v) is 8.32. The van der Waals surface area contributed by atoms with Gasteiger partial charge in [0.05, 0.1) is 34.2 Å². The van der Waals surface area contributed by atoms with Crippen LogP contribution in [-0.4, -0.2) is 64.6 Å². The van der Waals surface area contributed by atoms with Crippen molar-refractivity contribution in [1.82, 2.24) is 24.6 Å². The highest BCUT2D eigenvalue weighted by molar-refractivity contribution is 7.92. The van der Waals surface area contributed by atoms with E-state index in [4.69, 9.17) is 9.52 Å². The molecule has 0 spiro atoms. The zero-order chi connectivity index (χ0) is 26.6. The summed E-state index contributed by atoms with van der Waals surface area (Å²) in [6, 6.07) is 14.6. The minimum Gasteiger partial charge on any atom is -0.438 e. The van der Waals surface area contributed by atoms with Crippen LogP contribution in [0, 0.1) is 5.82 Å². The normalized spacial score (nSPS) is 14.9. The molecule has 0 aliphatic carbocycles. The van der Waals surface area contributed by atoms with Crippen molar-refractivity contribution in [1.29, 1.82) is 0 Å². The highest BCUT2D eigenvalue weighted by atomic mass is 32.2. The van der Waals surface area contributed by atoms with Gasteiger partial charge in [0.15, 0.2) is 9.84 Å². The maximum atomic E-state index is 13.7. The maximum absolute atomic E-state index is 13.7. The number of furan rings is 1. The number of carbonyl (C=O) groups is 1. The number of sulfone groups is 1. The lowest BCUT2D eigenvalue weighted by Gasteiger charge is -2.25. The van der Waals surface area contributed by atoms with Gasteiger partial charge in [-0.2, -0.15) is 5.10 Å². The summed E-state index contributed by atoms with van der Waals surface area (Å²) in [5.41, 5.74) is 3.75. The number of nitrogens with zero attached hydrogens (tertiary/aromatic N) is 5. The van der Waals surface area contributed by atoms with Crippen LogP contribution < -0.4 is 0 Å². The van der Waals surface area contributed by atoms with Gasteiger partial charge in [-0.15, -0.1) is 0 Å². The van der Waals surface area contributed by atoms with Crippen molar-refractivity contribution in [2.75, 3.05) is 25.6 Å². The second-order valence-electron chi connectivity index (χ2n) is 9.41. The van der Waals surface area contributed by atoms with E-state index in [0.29, 0.717) is 50.5 Å². The Morgan fingerprint density at radius 2 is 1.76 bits per heavy atom. The van der Waals surface area contributed by atoms with Crippen molar-refractivity contribution in [3.05, 3.63) is 78.5 Å². The van der Waals surface area contributed by atoms with Crippen molar-refractivity contribution in [3.8, 4) is 33.8 Å². The first-order chi connectivity index (χ1) is 18.2. The smallest absolute Gasteiger partial charge is 0.254 e. The Morgan fingerprint density at radius 1 is 1.03 bits per heavy atom. The second-order valence-corrected chi connectivity index (χ2v) is 11.6. The fraction of sp³-hybridized carbons (Fsp3) is 0.185. The van der Waals surface area contributed by atoms with Gasteiger partial charge < -0.3 is 9.32 Å². The van der Waals surface area contributed by atoms with Crippen LogP contribution in [0.25, 0.3) is 44.9 Å². The van der Waals surface area contributed by atoms with Crippen LogP contribution in [0.3, 0.4) is 0 Å². The predicted octanol–water partition coefficient (Wildman–Crippen LogP) is 4.23. The molecule has 5 aromatic rings. The van der Waals surface area contributed by atoms with Gasteiger partial charge in [0.25, 0.3) is 5.91 Å². The Bertz CT molecular complexity index is 1800. The third-order valence-electron chi connectivity index (χ3n) is 6.53. The lowest BCUT2D eigenvalue weighted by Crippen LogP contribution is -2.38. The molecule has 1 amide bonds. The SMILES string of the molecule is CN(C)C(=O)c1ccccc1-c1cc2c(-c3cn(C4CS(=O)(=O)C4)nc3-c3ccc(F)cc3)ncnc2o1. The van der Waals surface area contributed by atoms with Gasteiger partial charge >= 0.3 is 0 Å². The molecule has 2 aromatic carbocycles. The molecule has 192 valence electrons. The average Bonchev–Trinajstić information content (AvgIpc) is 3.52. The monoisotopic (exact) mass is 531 g/mol. The van der Waals surface area contributed by atoms with Gasteiger partial charge in [-0.25, -0.2) is 22.8 Å². The van der Waals surface area contributed by atoms with Gasteiger partial charge in [0.2, 0.25) is 5.71 Å². The van der Waals surface area contributed by atoms with Crippen molar-refractivity contribution in [3.63, 3.8) is 0 Å². The van der Waals surface area contributed by atoms with Gasteiger partial charge in [0, 0.05) is 37.0 Å². The number of amides is 1. The molecule has 0 atom stereocenters. The molecule has 9 nitrogen and oxygen atoms in total. The number of benzene rings is 2. The predicted molar refractivity (Wildman–Crippen MR) is 140 cm³/mol. The van der Waals surface area contributed by atoms with Crippen LogP contribution in [-0.2, 0) is 9.84 Å². The molecule has 0 bridgehead atoms. The summed E-state index contributed by atoms with van der Waals surface area (Å²) in [5, 5.41) is 5.29. The number of carbonyl (C=O) groups excluding carboxylic acids is 1. The molecule has 0 saturated carbocycles. The van der Waals surface area contributed by atoms with E-state index in [9.17, 15) is 17.6 Å². The molecular formula is C27H22FN5O4S. The first kappa shape index (κ1) is 24.0. The van der Waals surface area contributed by atoms with Crippen molar-refractivity contribution < 1.29 is 22.0 Å². The maximum Gasteiger partial charge on any atom is 0.254 e. The van der Waals surface area contributed by atoms with Crippen LogP contribution in [0.1, 0.15) is 16.4 Å². The molecule has 1 aliphatic rings. The first-order valence-electron chi connectivity index (χ1n) is 11.8. The van der Waals surface area contributed by atoms with Crippen molar-refractivity contribution in [2.45, 2.75) is 6.04 Å². The zero-order valence-corrected chi connectivity index (χ0v) is 21.3. The van der Waals surface area contributed by atoms with E-state index in [2.05, 4.69) is 9.97 Å². The molecule has 0 radical (unpaired) electrons. The number of halogens is 1. The fourth-order valence-corrected chi connectivity index (χ4v) is 5.97. The summed E-state index contributed by atoms with van der Waals surface area (Å²) < 4.78 is 45.0. The summed E-state index contributed by atoms with van der Waals surface area (Å²) in [4.78, 5) is 23.1. The number of hydrogen-bond acceptors (Lipinski definition) is 7.